The molecule has 0 aromatic heterocycles. The van der Waals surface area contributed by atoms with Gasteiger partial charge < -0.3 is 10.8 Å². The van der Waals surface area contributed by atoms with Gasteiger partial charge >= 0.3 is 0 Å². The lowest BCUT2D eigenvalue weighted by Gasteiger charge is -2.08. The van der Waals surface area contributed by atoms with Gasteiger partial charge in [0.2, 0.25) is 0 Å². The summed E-state index contributed by atoms with van der Waals surface area (Å²) in [7, 11) is 0. The minimum atomic E-state index is -0.410. The van der Waals surface area contributed by atoms with Gasteiger partial charge in [0.1, 0.15) is 0 Å². The monoisotopic (exact) mass is 179 g/mol. The zero-order valence-electron chi connectivity index (χ0n) is 8.03. The molecule has 0 fully saturated rings. The largest absolute Gasteiger partial charge is 0.391 e. The Kier molecular flexibility index (Phi) is 3.93. The van der Waals surface area contributed by atoms with Crippen LogP contribution in [0.2, 0.25) is 0 Å². The van der Waals surface area contributed by atoms with Crippen molar-refractivity contribution >= 4 is 0 Å². The van der Waals surface area contributed by atoms with E-state index in [0.29, 0.717) is 13.0 Å². The molecule has 0 heterocycles. The van der Waals surface area contributed by atoms with Crippen molar-refractivity contribution in [1.82, 2.24) is 0 Å². The Labute approximate surface area is 79.4 Å². The summed E-state index contributed by atoms with van der Waals surface area (Å²) >= 11 is 0. The van der Waals surface area contributed by atoms with Gasteiger partial charge in [0.25, 0.3) is 0 Å². The molecule has 1 rings (SSSR count). The van der Waals surface area contributed by atoms with Crippen LogP contribution in [0.25, 0.3) is 0 Å². The molecule has 2 heteroatoms. The zero-order chi connectivity index (χ0) is 9.68. The van der Waals surface area contributed by atoms with E-state index in [1.807, 2.05) is 12.1 Å². The van der Waals surface area contributed by atoms with Gasteiger partial charge in [0, 0.05) is 6.54 Å². The van der Waals surface area contributed by atoms with Crippen LogP contribution in [0.15, 0.2) is 24.3 Å². The Morgan fingerprint density at radius 2 is 2.08 bits per heavy atom. The van der Waals surface area contributed by atoms with Crippen molar-refractivity contribution in [3.05, 3.63) is 35.4 Å². The molecule has 1 aromatic rings. The maximum Gasteiger partial charge on any atom is 0.0702 e. The van der Waals surface area contributed by atoms with E-state index >= 15 is 0 Å². The van der Waals surface area contributed by atoms with Crippen LogP contribution in [0, 0.1) is 0 Å². The van der Waals surface area contributed by atoms with Gasteiger partial charge in [0.05, 0.1) is 6.10 Å². The second kappa shape index (κ2) is 5.00. The number of aryl methyl sites for hydroxylation is 1. The molecule has 0 amide bonds. The molecule has 0 bridgehead atoms. The highest BCUT2D eigenvalue weighted by Crippen LogP contribution is 2.07. The van der Waals surface area contributed by atoms with Crippen molar-refractivity contribution in [2.24, 2.45) is 5.73 Å². The van der Waals surface area contributed by atoms with Gasteiger partial charge in [-0.15, -0.1) is 0 Å². The molecule has 2 nitrogen and oxygen atoms in total. The van der Waals surface area contributed by atoms with E-state index in [4.69, 9.17) is 5.73 Å². The van der Waals surface area contributed by atoms with Crippen LogP contribution in [0.1, 0.15) is 18.1 Å². The van der Waals surface area contributed by atoms with Crippen LogP contribution in [0.3, 0.4) is 0 Å². The molecule has 1 unspecified atom stereocenters. The third-order valence-corrected chi connectivity index (χ3v) is 2.14. The smallest absolute Gasteiger partial charge is 0.0702 e. The second-order valence-corrected chi connectivity index (χ2v) is 3.27. The fourth-order valence-electron chi connectivity index (χ4n) is 1.33. The summed E-state index contributed by atoms with van der Waals surface area (Å²) < 4.78 is 0. The summed E-state index contributed by atoms with van der Waals surface area (Å²) in [6, 6.07) is 8.27. The fourth-order valence-corrected chi connectivity index (χ4v) is 1.33. The lowest BCUT2D eigenvalue weighted by Crippen LogP contribution is -2.21. The molecule has 13 heavy (non-hydrogen) atoms. The molecule has 0 aliphatic carbocycles. The highest BCUT2D eigenvalue weighted by atomic mass is 16.3. The van der Waals surface area contributed by atoms with Crippen LogP contribution in [0.5, 0.6) is 0 Å². The van der Waals surface area contributed by atoms with Crippen molar-refractivity contribution in [3.63, 3.8) is 0 Å². The third-order valence-electron chi connectivity index (χ3n) is 2.14. The lowest BCUT2D eigenvalue weighted by atomic mass is 10.0. The molecule has 0 spiro atoms. The molecule has 1 atom stereocenters. The maximum absolute atomic E-state index is 9.35. The van der Waals surface area contributed by atoms with Gasteiger partial charge in [-0.1, -0.05) is 31.2 Å². The van der Waals surface area contributed by atoms with Crippen molar-refractivity contribution < 1.29 is 5.11 Å². The Bertz CT molecular complexity index is 260. The Morgan fingerprint density at radius 3 is 2.69 bits per heavy atom. The first-order valence-electron chi connectivity index (χ1n) is 4.72. The van der Waals surface area contributed by atoms with Crippen LogP contribution in [-0.4, -0.2) is 17.8 Å². The zero-order valence-corrected chi connectivity index (χ0v) is 8.03. The summed E-state index contributed by atoms with van der Waals surface area (Å²) in [6.45, 7) is 2.45. The third kappa shape index (κ3) is 3.17. The van der Waals surface area contributed by atoms with E-state index in [1.54, 1.807) is 0 Å². The maximum atomic E-state index is 9.35. The molecule has 0 aliphatic heterocycles. The number of nitrogens with two attached hydrogens (primary N) is 1. The first-order valence-corrected chi connectivity index (χ1v) is 4.72. The van der Waals surface area contributed by atoms with E-state index in [-0.39, 0.29) is 0 Å². The quantitative estimate of drug-likeness (QED) is 0.727. The molecule has 0 aliphatic rings. The molecule has 0 saturated heterocycles. The average Bonchev–Trinajstić information content (AvgIpc) is 2.18. The minimum Gasteiger partial charge on any atom is -0.391 e. The van der Waals surface area contributed by atoms with Gasteiger partial charge in [0.15, 0.2) is 0 Å². The van der Waals surface area contributed by atoms with E-state index < -0.39 is 6.10 Å². The molecule has 0 saturated carbocycles. The number of benzene rings is 1. The van der Waals surface area contributed by atoms with Crippen molar-refractivity contribution in [2.45, 2.75) is 25.9 Å². The number of aliphatic hydroxyl groups excluding tert-OH is 1. The van der Waals surface area contributed by atoms with E-state index in [1.165, 1.54) is 5.56 Å². The Balaban J connectivity index is 2.66. The Hall–Kier alpha value is -0.860. The molecule has 0 radical (unpaired) electrons. The summed E-state index contributed by atoms with van der Waals surface area (Å²) in [4.78, 5) is 0. The van der Waals surface area contributed by atoms with Crippen LogP contribution >= 0.6 is 0 Å². The van der Waals surface area contributed by atoms with Crippen LogP contribution < -0.4 is 5.73 Å². The SMILES string of the molecule is CCc1cccc(CC(O)CN)c1. The second-order valence-electron chi connectivity index (χ2n) is 3.27. The number of hydrogen-bond donors (Lipinski definition) is 2. The number of aliphatic hydroxyl groups is 1. The Morgan fingerprint density at radius 1 is 1.38 bits per heavy atom. The lowest BCUT2D eigenvalue weighted by molar-refractivity contribution is 0.183. The number of rotatable bonds is 4. The standard InChI is InChI=1S/C11H17NO/c1-2-9-4-3-5-10(6-9)7-11(13)8-12/h3-6,11,13H,2,7-8,12H2,1H3. The highest BCUT2D eigenvalue weighted by molar-refractivity contribution is 5.23. The predicted octanol–water partition coefficient (Wildman–Crippen LogP) is 1.11. The summed E-state index contributed by atoms with van der Waals surface area (Å²) in [5.41, 5.74) is 7.81. The van der Waals surface area contributed by atoms with Crippen LogP contribution in [-0.2, 0) is 12.8 Å². The highest BCUT2D eigenvalue weighted by Gasteiger charge is 2.02. The fraction of sp³-hybridized carbons (Fsp3) is 0.455. The van der Waals surface area contributed by atoms with Crippen molar-refractivity contribution in [2.75, 3.05) is 6.54 Å². The minimum absolute atomic E-state index is 0.330. The number of hydrogen-bond acceptors (Lipinski definition) is 2. The van der Waals surface area contributed by atoms with Gasteiger partial charge in [-0.3, -0.25) is 0 Å². The molecule has 72 valence electrons. The van der Waals surface area contributed by atoms with E-state index in [2.05, 4.69) is 19.1 Å². The topological polar surface area (TPSA) is 46.2 Å². The molecule has 1 aromatic carbocycles. The summed E-state index contributed by atoms with van der Waals surface area (Å²) in [5.74, 6) is 0. The van der Waals surface area contributed by atoms with Crippen LogP contribution in [0.4, 0.5) is 0 Å². The van der Waals surface area contributed by atoms with E-state index in [0.717, 1.165) is 12.0 Å². The predicted molar refractivity (Wildman–Crippen MR) is 54.6 cm³/mol. The van der Waals surface area contributed by atoms with Crippen molar-refractivity contribution in [3.8, 4) is 0 Å². The normalized spacial score (nSPS) is 12.8. The van der Waals surface area contributed by atoms with Gasteiger partial charge in [-0.2, -0.15) is 0 Å². The van der Waals surface area contributed by atoms with Crippen molar-refractivity contribution in [1.29, 1.82) is 0 Å². The molecular formula is C11H17NO. The van der Waals surface area contributed by atoms with E-state index in [9.17, 15) is 5.11 Å². The average molecular weight is 179 g/mol. The van der Waals surface area contributed by atoms with Gasteiger partial charge in [-0.05, 0) is 24.0 Å². The van der Waals surface area contributed by atoms with Gasteiger partial charge in [-0.25, -0.2) is 0 Å². The summed E-state index contributed by atoms with van der Waals surface area (Å²) in [6.07, 6.45) is 1.28. The molecular weight excluding hydrogens is 162 g/mol. The first-order chi connectivity index (χ1) is 6.26. The molecule has 3 N–H and O–H groups in total. The first kappa shape index (κ1) is 10.2. The summed E-state index contributed by atoms with van der Waals surface area (Å²) in [5, 5.41) is 9.35.